The molecule has 1 unspecified atom stereocenters. The summed E-state index contributed by atoms with van der Waals surface area (Å²) in [7, 11) is 1.68. The van der Waals surface area contributed by atoms with Crippen LogP contribution in [0.3, 0.4) is 0 Å². The quantitative estimate of drug-likeness (QED) is 0.918. The fourth-order valence-electron chi connectivity index (χ4n) is 2.75. The van der Waals surface area contributed by atoms with E-state index in [1.807, 2.05) is 12.1 Å². The van der Waals surface area contributed by atoms with Gasteiger partial charge in [-0.05, 0) is 54.3 Å². The third-order valence-corrected chi connectivity index (χ3v) is 4.17. The van der Waals surface area contributed by atoms with Crippen LogP contribution >= 0.6 is 11.6 Å². The highest BCUT2D eigenvalue weighted by molar-refractivity contribution is 6.33. The zero-order valence-electron chi connectivity index (χ0n) is 11.7. The smallest absolute Gasteiger partial charge is 0.119 e. The Hall–Kier alpha value is -2.18. The number of hydrogen-bond donors (Lipinski definition) is 1. The molecule has 1 atom stereocenters. The predicted molar refractivity (Wildman–Crippen MR) is 83.8 cm³/mol. The largest absolute Gasteiger partial charge is 0.497 e. The van der Waals surface area contributed by atoms with Crippen LogP contribution in [0.5, 0.6) is 5.75 Å². The van der Waals surface area contributed by atoms with Gasteiger partial charge < -0.3 is 10.1 Å². The Morgan fingerprint density at radius 2 is 2.14 bits per heavy atom. The molecule has 0 aliphatic heterocycles. The van der Waals surface area contributed by atoms with E-state index < -0.39 is 0 Å². The van der Waals surface area contributed by atoms with Crippen molar-refractivity contribution >= 4 is 17.3 Å². The van der Waals surface area contributed by atoms with Crippen molar-refractivity contribution in [2.24, 2.45) is 0 Å². The molecule has 0 bridgehead atoms. The van der Waals surface area contributed by atoms with Crippen LogP contribution in [0.25, 0.3) is 0 Å². The number of anilines is 1. The van der Waals surface area contributed by atoms with E-state index in [0.29, 0.717) is 10.6 Å². The number of halogens is 1. The maximum absolute atomic E-state index is 8.88. The number of fused-ring (bicyclic) bond motifs is 1. The van der Waals surface area contributed by atoms with Crippen LogP contribution in [-0.4, -0.2) is 7.11 Å². The van der Waals surface area contributed by atoms with Crippen molar-refractivity contribution in [2.45, 2.75) is 18.9 Å². The monoisotopic (exact) mass is 298 g/mol. The highest BCUT2D eigenvalue weighted by atomic mass is 35.5. The van der Waals surface area contributed by atoms with E-state index in [4.69, 9.17) is 21.6 Å². The summed E-state index contributed by atoms with van der Waals surface area (Å²) in [5, 5.41) is 12.9. The lowest BCUT2D eigenvalue weighted by Crippen LogP contribution is -2.07. The summed E-state index contributed by atoms with van der Waals surface area (Å²) in [6.45, 7) is 0. The highest BCUT2D eigenvalue weighted by Gasteiger charge is 2.23. The third-order valence-electron chi connectivity index (χ3n) is 3.86. The van der Waals surface area contributed by atoms with Gasteiger partial charge in [0.05, 0.1) is 35.5 Å². The number of aryl methyl sites for hydroxylation is 1. The van der Waals surface area contributed by atoms with Crippen molar-refractivity contribution < 1.29 is 4.74 Å². The molecular formula is C17H15ClN2O. The number of nitrogens with one attached hydrogen (secondary N) is 1. The molecule has 0 heterocycles. The number of hydrogen-bond acceptors (Lipinski definition) is 3. The molecule has 0 fully saturated rings. The minimum atomic E-state index is 0.223. The van der Waals surface area contributed by atoms with Gasteiger partial charge in [-0.2, -0.15) is 5.26 Å². The zero-order valence-corrected chi connectivity index (χ0v) is 12.4. The van der Waals surface area contributed by atoms with Crippen LogP contribution in [0.2, 0.25) is 5.02 Å². The number of ether oxygens (including phenoxy) is 1. The number of nitriles is 1. The lowest BCUT2D eigenvalue weighted by molar-refractivity contribution is 0.414. The second-order valence-electron chi connectivity index (χ2n) is 5.11. The van der Waals surface area contributed by atoms with E-state index in [1.54, 1.807) is 19.2 Å². The minimum absolute atomic E-state index is 0.223. The molecule has 4 heteroatoms. The standard InChI is InChI=1S/C17H15ClN2O/c1-21-13-5-3-12-4-7-16(14(12)9-13)20-17-6-2-11(10-19)8-15(17)18/h2-3,5-6,8-9,16,20H,4,7H2,1H3. The topological polar surface area (TPSA) is 45.0 Å². The van der Waals surface area contributed by atoms with E-state index in [2.05, 4.69) is 23.5 Å². The second-order valence-corrected chi connectivity index (χ2v) is 5.51. The van der Waals surface area contributed by atoms with Crippen molar-refractivity contribution in [1.82, 2.24) is 0 Å². The van der Waals surface area contributed by atoms with Crippen molar-refractivity contribution in [1.29, 1.82) is 5.26 Å². The van der Waals surface area contributed by atoms with E-state index in [9.17, 15) is 0 Å². The van der Waals surface area contributed by atoms with Crippen molar-refractivity contribution in [3.63, 3.8) is 0 Å². The van der Waals surface area contributed by atoms with Gasteiger partial charge in [0, 0.05) is 0 Å². The summed E-state index contributed by atoms with van der Waals surface area (Å²) in [4.78, 5) is 0. The number of rotatable bonds is 3. The Kier molecular flexibility index (Phi) is 3.72. The summed E-state index contributed by atoms with van der Waals surface area (Å²) in [5.74, 6) is 0.869. The SMILES string of the molecule is COc1ccc2c(c1)C(Nc1ccc(C#N)cc1Cl)CC2. The summed E-state index contributed by atoms with van der Waals surface area (Å²) in [6, 6.07) is 13.8. The molecule has 0 spiro atoms. The maximum atomic E-state index is 8.88. The Labute approximate surface area is 129 Å². The molecule has 106 valence electrons. The first kappa shape index (κ1) is 13.8. The van der Waals surface area contributed by atoms with Gasteiger partial charge in [0.25, 0.3) is 0 Å². The van der Waals surface area contributed by atoms with Gasteiger partial charge in [0.1, 0.15) is 5.75 Å². The molecule has 3 nitrogen and oxygen atoms in total. The average molecular weight is 299 g/mol. The predicted octanol–water partition coefficient (Wildman–Crippen LogP) is 4.32. The van der Waals surface area contributed by atoms with Crippen LogP contribution in [0.1, 0.15) is 29.2 Å². The third kappa shape index (κ3) is 2.68. The number of methoxy groups -OCH3 is 1. The van der Waals surface area contributed by atoms with E-state index in [0.717, 1.165) is 24.3 Å². The van der Waals surface area contributed by atoms with Gasteiger partial charge in [0.2, 0.25) is 0 Å². The van der Waals surface area contributed by atoms with E-state index >= 15 is 0 Å². The van der Waals surface area contributed by atoms with E-state index in [1.165, 1.54) is 11.1 Å². The fourth-order valence-corrected chi connectivity index (χ4v) is 2.98. The van der Waals surface area contributed by atoms with Crippen LogP contribution in [0, 0.1) is 11.3 Å². The molecule has 1 aliphatic carbocycles. The van der Waals surface area contributed by atoms with Gasteiger partial charge in [0.15, 0.2) is 0 Å². The maximum Gasteiger partial charge on any atom is 0.119 e. The fraction of sp³-hybridized carbons (Fsp3) is 0.235. The van der Waals surface area contributed by atoms with Gasteiger partial charge in [-0.15, -0.1) is 0 Å². The average Bonchev–Trinajstić information content (AvgIpc) is 2.91. The van der Waals surface area contributed by atoms with E-state index in [-0.39, 0.29) is 6.04 Å². The lowest BCUT2D eigenvalue weighted by atomic mass is 10.1. The van der Waals surface area contributed by atoms with Gasteiger partial charge in [-0.25, -0.2) is 0 Å². The molecule has 2 aromatic carbocycles. The molecule has 0 aromatic heterocycles. The highest BCUT2D eigenvalue weighted by Crippen LogP contribution is 2.37. The Morgan fingerprint density at radius 3 is 2.86 bits per heavy atom. The number of nitrogens with zero attached hydrogens (tertiary/aromatic N) is 1. The van der Waals surface area contributed by atoms with Gasteiger partial charge >= 0.3 is 0 Å². The first-order chi connectivity index (χ1) is 10.2. The normalized spacial score (nSPS) is 16.1. The molecule has 0 saturated heterocycles. The first-order valence-electron chi connectivity index (χ1n) is 6.84. The van der Waals surface area contributed by atoms with Gasteiger partial charge in [-0.1, -0.05) is 17.7 Å². The van der Waals surface area contributed by atoms with Crippen LogP contribution < -0.4 is 10.1 Å². The summed E-state index contributed by atoms with van der Waals surface area (Å²) in [6.07, 6.45) is 2.07. The van der Waals surface area contributed by atoms with Gasteiger partial charge in [-0.3, -0.25) is 0 Å². The Balaban J connectivity index is 1.87. The minimum Gasteiger partial charge on any atom is -0.497 e. The molecule has 0 amide bonds. The summed E-state index contributed by atoms with van der Waals surface area (Å²) < 4.78 is 5.30. The van der Waals surface area contributed by atoms with Crippen molar-refractivity contribution in [2.75, 3.05) is 12.4 Å². The molecule has 3 rings (SSSR count). The molecule has 21 heavy (non-hydrogen) atoms. The molecule has 0 radical (unpaired) electrons. The molecule has 0 saturated carbocycles. The van der Waals surface area contributed by atoms with Crippen LogP contribution in [-0.2, 0) is 6.42 Å². The number of benzene rings is 2. The second kappa shape index (κ2) is 5.67. The molecule has 1 N–H and O–H groups in total. The first-order valence-corrected chi connectivity index (χ1v) is 7.22. The molecular weight excluding hydrogens is 284 g/mol. The molecule has 2 aromatic rings. The Bertz CT molecular complexity index is 721. The lowest BCUT2D eigenvalue weighted by Gasteiger charge is -2.17. The van der Waals surface area contributed by atoms with Crippen molar-refractivity contribution in [3.8, 4) is 11.8 Å². The van der Waals surface area contributed by atoms with Crippen molar-refractivity contribution in [3.05, 3.63) is 58.1 Å². The van der Waals surface area contributed by atoms with Crippen LogP contribution in [0.4, 0.5) is 5.69 Å². The summed E-state index contributed by atoms with van der Waals surface area (Å²) in [5.41, 5.74) is 4.03. The van der Waals surface area contributed by atoms with Crippen LogP contribution in [0.15, 0.2) is 36.4 Å². The Morgan fingerprint density at radius 1 is 1.29 bits per heavy atom. The molecule has 1 aliphatic rings. The zero-order chi connectivity index (χ0) is 14.8. The summed E-state index contributed by atoms with van der Waals surface area (Å²) >= 11 is 6.23.